The number of anilines is 1. The van der Waals surface area contributed by atoms with Gasteiger partial charge in [0, 0.05) is 19.1 Å². The zero-order chi connectivity index (χ0) is 12.4. The molecular weight excluding hydrogens is 217 g/mol. The van der Waals surface area contributed by atoms with Gasteiger partial charge >= 0.3 is 0 Å². The molecule has 17 heavy (non-hydrogen) atoms. The molecule has 2 atom stereocenters. The molecule has 1 aromatic carbocycles. The summed E-state index contributed by atoms with van der Waals surface area (Å²) in [4.78, 5) is 2.05. The Hall–Kier alpha value is -1.60. The molecule has 1 heterocycles. The predicted octanol–water partition coefficient (Wildman–Crippen LogP) is 1.87. The van der Waals surface area contributed by atoms with Gasteiger partial charge in [0.15, 0.2) is 0 Å². The molecule has 2 N–H and O–H groups in total. The van der Waals surface area contributed by atoms with E-state index in [-0.39, 0.29) is 11.6 Å². The molecule has 2 rings (SSSR count). The number of rotatable bonds is 1. The minimum atomic E-state index is -0.451. The Kier molecular flexibility index (Phi) is 3.30. The molecule has 0 amide bonds. The third-order valence-corrected chi connectivity index (χ3v) is 3.42. The predicted molar refractivity (Wildman–Crippen MR) is 65.1 cm³/mol. The van der Waals surface area contributed by atoms with E-state index in [0.29, 0.717) is 11.6 Å². The van der Waals surface area contributed by atoms with Crippen LogP contribution in [0.2, 0.25) is 0 Å². The maximum Gasteiger partial charge on any atom is 0.143 e. The van der Waals surface area contributed by atoms with Crippen molar-refractivity contribution in [2.24, 2.45) is 11.7 Å². The molecule has 0 aliphatic carbocycles. The van der Waals surface area contributed by atoms with Crippen molar-refractivity contribution in [1.29, 1.82) is 5.26 Å². The number of nitrogens with two attached hydrogens (primary N) is 1. The maximum atomic E-state index is 13.5. The lowest BCUT2D eigenvalue weighted by Crippen LogP contribution is -2.46. The van der Waals surface area contributed by atoms with E-state index in [0.717, 1.165) is 19.5 Å². The van der Waals surface area contributed by atoms with Crippen molar-refractivity contribution in [3.63, 3.8) is 0 Å². The highest BCUT2D eigenvalue weighted by molar-refractivity contribution is 5.60. The molecule has 3 nitrogen and oxygen atoms in total. The first-order chi connectivity index (χ1) is 8.13. The van der Waals surface area contributed by atoms with Gasteiger partial charge in [0.25, 0.3) is 0 Å². The van der Waals surface area contributed by atoms with Gasteiger partial charge in [-0.1, -0.05) is 13.0 Å². The highest BCUT2D eigenvalue weighted by Crippen LogP contribution is 2.26. The molecule has 0 aromatic heterocycles. The highest BCUT2D eigenvalue weighted by atomic mass is 19.1. The Morgan fingerprint density at radius 1 is 1.53 bits per heavy atom. The van der Waals surface area contributed by atoms with E-state index in [4.69, 9.17) is 11.0 Å². The smallest absolute Gasteiger partial charge is 0.143 e. The minimum Gasteiger partial charge on any atom is -0.370 e. The zero-order valence-electron chi connectivity index (χ0n) is 9.86. The topological polar surface area (TPSA) is 53.0 Å². The van der Waals surface area contributed by atoms with Crippen LogP contribution in [-0.2, 0) is 0 Å². The minimum absolute atomic E-state index is 0.134. The second-order valence-electron chi connectivity index (χ2n) is 4.62. The average Bonchev–Trinajstić information content (AvgIpc) is 2.32. The van der Waals surface area contributed by atoms with Crippen LogP contribution < -0.4 is 10.6 Å². The number of nitrogens with zero attached hydrogens (tertiary/aromatic N) is 2. The van der Waals surface area contributed by atoms with Crippen molar-refractivity contribution in [2.75, 3.05) is 18.0 Å². The van der Waals surface area contributed by atoms with Gasteiger partial charge in [0.2, 0.25) is 0 Å². The summed E-state index contributed by atoms with van der Waals surface area (Å²) in [5.74, 6) is -0.0916. The number of benzene rings is 1. The molecule has 0 spiro atoms. The van der Waals surface area contributed by atoms with E-state index < -0.39 is 5.82 Å². The summed E-state index contributed by atoms with van der Waals surface area (Å²) < 4.78 is 13.5. The lowest BCUT2D eigenvalue weighted by Gasteiger charge is -2.37. The monoisotopic (exact) mass is 233 g/mol. The van der Waals surface area contributed by atoms with Crippen molar-refractivity contribution in [1.82, 2.24) is 0 Å². The third kappa shape index (κ3) is 2.25. The van der Waals surface area contributed by atoms with Crippen LogP contribution in [0.3, 0.4) is 0 Å². The molecule has 1 aliphatic heterocycles. The Balaban J connectivity index is 2.29. The Morgan fingerprint density at radius 3 is 2.94 bits per heavy atom. The van der Waals surface area contributed by atoms with Crippen LogP contribution in [0.4, 0.5) is 10.1 Å². The van der Waals surface area contributed by atoms with Gasteiger partial charge in [-0.15, -0.1) is 0 Å². The Labute approximate surface area is 101 Å². The fourth-order valence-electron chi connectivity index (χ4n) is 2.27. The second kappa shape index (κ2) is 4.72. The zero-order valence-corrected chi connectivity index (χ0v) is 9.86. The van der Waals surface area contributed by atoms with Crippen molar-refractivity contribution in [2.45, 2.75) is 19.4 Å². The van der Waals surface area contributed by atoms with E-state index in [9.17, 15) is 4.39 Å². The third-order valence-electron chi connectivity index (χ3n) is 3.42. The second-order valence-corrected chi connectivity index (χ2v) is 4.62. The van der Waals surface area contributed by atoms with Gasteiger partial charge in [-0.25, -0.2) is 4.39 Å². The summed E-state index contributed by atoms with van der Waals surface area (Å²) in [7, 11) is 0. The largest absolute Gasteiger partial charge is 0.370 e. The Morgan fingerprint density at radius 2 is 2.29 bits per heavy atom. The van der Waals surface area contributed by atoms with Crippen molar-refractivity contribution >= 4 is 5.69 Å². The SMILES string of the molecule is CC1CN(c2cccc(F)c2C#N)CCC1N. The number of nitriles is 1. The average molecular weight is 233 g/mol. The molecule has 1 aromatic rings. The van der Waals surface area contributed by atoms with Crippen molar-refractivity contribution in [3.05, 3.63) is 29.6 Å². The first-order valence-electron chi connectivity index (χ1n) is 5.82. The summed E-state index contributed by atoms with van der Waals surface area (Å²) in [5, 5.41) is 9.01. The molecule has 0 bridgehead atoms. The molecule has 90 valence electrons. The molecule has 0 saturated carbocycles. The first kappa shape index (κ1) is 11.9. The molecule has 1 aliphatic rings. The van der Waals surface area contributed by atoms with Crippen LogP contribution in [-0.4, -0.2) is 19.1 Å². The number of halogens is 1. The van der Waals surface area contributed by atoms with E-state index in [1.807, 2.05) is 6.07 Å². The van der Waals surface area contributed by atoms with Crippen LogP contribution in [0.25, 0.3) is 0 Å². The van der Waals surface area contributed by atoms with Crippen LogP contribution >= 0.6 is 0 Å². The maximum absolute atomic E-state index is 13.5. The summed E-state index contributed by atoms with van der Waals surface area (Å²) in [6.07, 6.45) is 0.878. The van der Waals surface area contributed by atoms with Gasteiger partial charge < -0.3 is 10.6 Å². The summed E-state index contributed by atoms with van der Waals surface area (Å²) >= 11 is 0. The molecule has 1 saturated heterocycles. The van der Waals surface area contributed by atoms with Crippen molar-refractivity contribution < 1.29 is 4.39 Å². The summed E-state index contributed by atoms with van der Waals surface area (Å²) in [5.41, 5.74) is 6.77. The fourth-order valence-corrected chi connectivity index (χ4v) is 2.27. The van der Waals surface area contributed by atoms with Crippen LogP contribution in [0.5, 0.6) is 0 Å². The van der Waals surface area contributed by atoms with Crippen molar-refractivity contribution in [3.8, 4) is 6.07 Å². The van der Waals surface area contributed by atoms with Gasteiger partial charge in [-0.3, -0.25) is 0 Å². The molecular formula is C13H16FN3. The standard InChI is InChI=1S/C13H16FN3/c1-9-8-17(6-5-12(9)16)13-4-2-3-11(14)10(13)7-15/h2-4,9,12H,5-6,8,16H2,1H3. The summed E-state index contributed by atoms with van der Waals surface area (Å²) in [6, 6.07) is 6.90. The Bertz CT molecular complexity index is 452. The number of hydrogen-bond acceptors (Lipinski definition) is 3. The van der Waals surface area contributed by atoms with Crippen LogP contribution in [0, 0.1) is 23.1 Å². The van der Waals surface area contributed by atoms with Gasteiger partial charge in [-0.05, 0) is 24.5 Å². The first-order valence-corrected chi connectivity index (χ1v) is 5.82. The van der Waals surface area contributed by atoms with Gasteiger partial charge in [0.1, 0.15) is 17.4 Å². The number of hydrogen-bond donors (Lipinski definition) is 1. The van der Waals surface area contributed by atoms with E-state index >= 15 is 0 Å². The van der Waals surface area contributed by atoms with E-state index in [1.165, 1.54) is 6.07 Å². The fraction of sp³-hybridized carbons (Fsp3) is 0.462. The van der Waals surface area contributed by atoms with Crippen LogP contribution in [0.1, 0.15) is 18.9 Å². The lowest BCUT2D eigenvalue weighted by molar-refractivity contribution is 0.382. The van der Waals surface area contributed by atoms with E-state index in [2.05, 4.69) is 11.8 Å². The van der Waals surface area contributed by atoms with Gasteiger partial charge in [0.05, 0.1) is 5.69 Å². The van der Waals surface area contributed by atoms with E-state index in [1.54, 1.807) is 12.1 Å². The lowest BCUT2D eigenvalue weighted by atomic mass is 9.94. The number of piperidine rings is 1. The molecule has 2 unspecified atom stereocenters. The summed E-state index contributed by atoms with van der Waals surface area (Å²) in [6.45, 7) is 3.64. The highest BCUT2D eigenvalue weighted by Gasteiger charge is 2.25. The molecule has 0 radical (unpaired) electrons. The molecule has 4 heteroatoms. The quantitative estimate of drug-likeness (QED) is 0.805. The normalized spacial score (nSPS) is 24.5. The molecule has 1 fully saturated rings. The van der Waals surface area contributed by atoms with Crippen LogP contribution in [0.15, 0.2) is 18.2 Å². The van der Waals surface area contributed by atoms with Gasteiger partial charge in [-0.2, -0.15) is 5.26 Å².